The maximum Gasteiger partial charge on any atom is 0.254 e. The Morgan fingerprint density at radius 2 is 1.90 bits per heavy atom. The number of rotatable bonds is 5. The molecular formula is C25H26N4O2. The Labute approximate surface area is 182 Å². The van der Waals surface area contributed by atoms with Crippen molar-refractivity contribution in [2.24, 2.45) is 0 Å². The molecule has 0 radical (unpaired) electrons. The van der Waals surface area contributed by atoms with Crippen molar-refractivity contribution < 1.29 is 9.90 Å². The van der Waals surface area contributed by atoms with Gasteiger partial charge in [-0.05, 0) is 55.7 Å². The number of nitriles is 1. The van der Waals surface area contributed by atoms with Gasteiger partial charge in [-0.2, -0.15) is 5.26 Å². The van der Waals surface area contributed by atoms with Crippen molar-refractivity contribution in [2.75, 3.05) is 19.7 Å². The average molecular weight is 415 g/mol. The highest BCUT2D eigenvalue weighted by atomic mass is 16.3. The lowest BCUT2D eigenvalue weighted by atomic mass is 9.89. The zero-order chi connectivity index (χ0) is 22.1. The molecule has 0 unspecified atom stereocenters. The fraction of sp³-hybridized carbons (Fsp3) is 0.320. The summed E-state index contributed by atoms with van der Waals surface area (Å²) in [7, 11) is 0. The largest absolute Gasteiger partial charge is 0.396 e. The number of aliphatic hydroxyl groups is 1. The van der Waals surface area contributed by atoms with Crippen molar-refractivity contribution in [1.82, 2.24) is 14.9 Å². The van der Waals surface area contributed by atoms with Crippen LogP contribution in [0.15, 0.2) is 36.4 Å². The van der Waals surface area contributed by atoms with Crippen LogP contribution in [0.5, 0.6) is 0 Å². The number of amides is 1. The number of carbonyl (C=O) groups is 1. The summed E-state index contributed by atoms with van der Waals surface area (Å²) in [6.45, 7) is 7.26. The van der Waals surface area contributed by atoms with Gasteiger partial charge < -0.3 is 15.0 Å². The van der Waals surface area contributed by atoms with Crippen LogP contribution in [0.4, 0.5) is 0 Å². The van der Waals surface area contributed by atoms with Gasteiger partial charge in [-0.15, -0.1) is 0 Å². The first-order valence-corrected chi connectivity index (χ1v) is 10.5. The minimum absolute atomic E-state index is 0.0274. The second-order valence-electron chi connectivity index (χ2n) is 8.25. The smallest absolute Gasteiger partial charge is 0.254 e. The highest BCUT2D eigenvalue weighted by molar-refractivity contribution is 5.98. The Morgan fingerprint density at radius 3 is 2.55 bits per heavy atom. The Bertz CT molecular complexity index is 1170. The lowest BCUT2D eigenvalue weighted by Crippen LogP contribution is -2.48. The van der Waals surface area contributed by atoms with E-state index in [1.807, 2.05) is 62.1 Å². The summed E-state index contributed by atoms with van der Waals surface area (Å²) in [6.07, 6.45) is 0.491. The van der Waals surface area contributed by atoms with Crippen LogP contribution in [0.25, 0.3) is 11.3 Å². The Kier molecular flexibility index (Phi) is 5.62. The zero-order valence-corrected chi connectivity index (χ0v) is 18.1. The molecule has 1 saturated heterocycles. The molecule has 0 spiro atoms. The number of benzene rings is 2. The number of aliphatic hydroxyl groups excluding tert-OH is 1. The SMILES string of the molecule is Cc1nc(-c2cc(C(=O)N3CC(c4ccc(C#N)cc4)C3)c(C)cc2C)c(CCO)[nH]1. The molecule has 3 aromatic rings. The lowest BCUT2D eigenvalue weighted by Gasteiger charge is -2.40. The monoisotopic (exact) mass is 414 g/mol. The molecule has 0 bridgehead atoms. The molecule has 0 saturated carbocycles. The van der Waals surface area contributed by atoms with Gasteiger partial charge in [0.25, 0.3) is 5.91 Å². The molecule has 0 aliphatic carbocycles. The molecule has 1 fully saturated rings. The van der Waals surface area contributed by atoms with E-state index >= 15 is 0 Å². The van der Waals surface area contributed by atoms with Gasteiger partial charge in [0.1, 0.15) is 5.82 Å². The minimum Gasteiger partial charge on any atom is -0.396 e. The number of H-pyrrole nitrogens is 1. The summed E-state index contributed by atoms with van der Waals surface area (Å²) >= 11 is 0. The van der Waals surface area contributed by atoms with Gasteiger partial charge in [0.15, 0.2) is 0 Å². The molecule has 1 aliphatic rings. The van der Waals surface area contributed by atoms with Crippen LogP contribution in [0.3, 0.4) is 0 Å². The van der Waals surface area contributed by atoms with Gasteiger partial charge in [0.2, 0.25) is 0 Å². The standard InChI is InChI=1S/C25H26N4O2/c1-15-10-16(2)22(11-21(15)24-23(8-9-30)27-17(3)28-24)25(31)29-13-20(14-29)19-6-4-18(12-26)5-7-19/h4-7,10-11,20,30H,8-9,13-14H2,1-3H3,(H,27,28). The predicted molar refractivity (Wildman–Crippen MR) is 119 cm³/mol. The zero-order valence-electron chi connectivity index (χ0n) is 18.1. The molecule has 4 rings (SSSR count). The number of aromatic amines is 1. The number of aromatic nitrogens is 2. The number of likely N-dealkylation sites (tertiary alicyclic amines) is 1. The van der Waals surface area contributed by atoms with E-state index in [9.17, 15) is 9.90 Å². The van der Waals surface area contributed by atoms with E-state index in [2.05, 4.69) is 16.0 Å². The summed E-state index contributed by atoms with van der Waals surface area (Å²) in [6, 6.07) is 13.7. The predicted octanol–water partition coefficient (Wildman–Crippen LogP) is 3.65. The van der Waals surface area contributed by atoms with Gasteiger partial charge in [0.05, 0.1) is 17.3 Å². The van der Waals surface area contributed by atoms with Crippen molar-refractivity contribution in [2.45, 2.75) is 33.1 Å². The van der Waals surface area contributed by atoms with Crippen molar-refractivity contribution in [3.8, 4) is 17.3 Å². The lowest BCUT2D eigenvalue weighted by molar-refractivity contribution is 0.0601. The van der Waals surface area contributed by atoms with E-state index in [4.69, 9.17) is 5.26 Å². The molecule has 1 aliphatic heterocycles. The molecule has 6 heteroatoms. The van der Waals surface area contributed by atoms with E-state index in [0.717, 1.165) is 39.5 Å². The van der Waals surface area contributed by atoms with Crippen molar-refractivity contribution in [1.29, 1.82) is 5.26 Å². The highest BCUT2D eigenvalue weighted by Crippen LogP contribution is 2.32. The highest BCUT2D eigenvalue weighted by Gasteiger charge is 2.33. The summed E-state index contributed by atoms with van der Waals surface area (Å²) in [5, 5.41) is 18.3. The van der Waals surface area contributed by atoms with Crippen LogP contribution >= 0.6 is 0 Å². The van der Waals surface area contributed by atoms with E-state index in [1.165, 1.54) is 0 Å². The van der Waals surface area contributed by atoms with Gasteiger partial charge in [-0.3, -0.25) is 4.79 Å². The van der Waals surface area contributed by atoms with Gasteiger partial charge in [0, 0.05) is 48.9 Å². The van der Waals surface area contributed by atoms with E-state index in [-0.39, 0.29) is 12.5 Å². The first kappa shape index (κ1) is 20.8. The third-order valence-corrected chi connectivity index (χ3v) is 6.00. The van der Waals surface area contributed by atoms with Crippen LogP contribution in [0.1, 0.15) is 50.0 Å². The number of aryl methyl sites for hydroxylation is 3. The maximum absolute atomic E-state index is 13.3. The second kappa shape index (κ2) is 8.37. The third-order valence-electron chi connectivity index (χ3n) is 6.00. The Balaban J connectivity index is 1.57. The number of nitrogens with zero attached hydrogens (tertiary/aromatic N) is 3. The number of imidazole rings is 1. The van der Waals surface area contributed by atoms with Gasteiger partial charge >= 0.3 is 0 Å². The number of carbonyl (C=O) groups excluding carboxylic acids is 1. The van der Waals surface area contributed by atoms with Gasteiger partial charge in [-0.1, -0.05) is 18.2 Å². The maximum atomic E-state index is 13.3. The first-order chi connectivity index (χ1) is 14.9. The summed E-state index contributed by atoms with van der Waals surface area (Å²) in [5.41, 5.74) is 7.11. The second-order valence-corrected chi connectivity index (χ2v) is 8.25. The Morgan fingerprint density at radius 1 is 1.19 bits per heavy atom. The van der Waals surface area contributed by atoms with Crippen molar-refractivity contribution >= 4 is 5.91 Å². The molecule has 1 aromatic heterocycles. The van der Waals surface area contributed by atoms with Crippen LogP contribution in [0, 0.1) is 32.1 Å². The van der Waals surface area contributed by atoms with Crippen molar-refractivity contribution in [3.05, 3.63) is 75.7 Å². The topological polar surface area (TPSA) is 93.0 Å². The normalized spacial score (nSPS) is 13.7. The third kappa shape index (κ3) is 3.97. The Hall–Kier alpha value is -3.43. The average Bonchev–Trinajstić information content (AvgIpc) is 3.07. The molecule has 31 heavy (non-hydrogen) atoms. The first-order valence-electron chi connectivity index (χ1n) is 10.5. The number of hydrogen-bond donors (Lipinski definition) is 2. The fourth-order valence-electron chi connectivity index (χ4n) is 4.25. The molecule has 2 heterocycles. The van der Waals surface area contributed by atoms with E-state index in [0.29, 0.717) is 36.6 Å². The number of nitrogens with one attached hydrogen (secondary N) is 1. The van der Waals surface area contributed by atoms with E-state index < -0.39 is 0 Å². The van der Waals surface area contributed by atoms with E-state index in [1.54, 1.807) is 0 Å². The minimum atomic E-state index is 0.0274. The van der Waals surface area contributed by atoms with Crippen LogP contribution in [0.2, 0.25) is 0 Å². The van der Waals surface area contributed by atoms with Crippen molar-refractivity contribution in [3.63, 3.8) is 0 Å². The van der Waals surface area contributed by atoms with Crippen LogP contribution in [-0.2, 0) is 6.42 Å². The molecule has 2 N–H and O–H groups in total. The molecule has 0 atom stereocenters. The summed E-state index contributed by atoms with van der Waals surface area (Å²) in [4.78, 5) is 23.0. The fourth-order valence-corrected chi connectivity index (χ4v) is 4.25. The van der Waals surface area contributed by atoms with Crippen LogP contribution < -0.4 is 0 Å². The van der Waals surface area contributed by atoms with Gasteiger partial charge in [-0.25, -0.2) is 4.98 Å². The van der Waals surface area contributed by atoms with Crippen LogP contribution in [-0.4, -0.2) is 45.6 Å². The molecular weight excluding hydrogens is 388 g/mol. The molecule has 158 valence electrons. The molecule has 6 nitrogen and oxygen atoms in total. The number of hydrogen-bond acceptors (Lipinski definition) is 4. The molecule has 2 aromatic carbocycles. The quantitative estimate of drug-likeness (QED) is 0.666. The summed E-state index contributed by atoms with van der Waals surface area (Å²) < 4.78 is 0. The molecule has 1 amide bonds. The summed E-state index contributed by atoms with van der Waals surface area (Å²) in [5.74, 6) is 1.12.